The SMILES string of the molecule is NCC1CCC(C(=O)Nc2nccc3sccc23)CC1. The van der Waals surface area contributed by atoms with Crippen LogP contribution in [0.1, 0.15) is 25.7 Å². The molecule has 0 spiro atoms. The number of hydrogen-bond donors (Lipinski definition) is 2. The molecule has 2 aromatic heterocycles. The van der Waals surface area contributed by atoms with E-state index < -0.39 is 0 Å². The number of anilines is 1. The van der Waals surface area contributed by atoms with Crippen LogP contribution in [0.5, 0.6) is 0 Å². The number of thiophene rings is 1. The maximum Gasteiger partial charge on any atom is 0.228 e. The minimum Gasteiger partial charge on any atom is -0.330 e. The Morgan fingerprint density at radius 1 is 1.35 bits per heavy atom. The molecule has 3 N–H and O–H groups in total. The van der Waals surface area contributed by atoms with Crippen molar-refractivity contribution in [2.24, 2.45) is 17.6 Å². The summed E-state index contributed by atoms with van der Waals surface area (Å²) in [5.41, 5.74) is 5.69. The predicted molar refractivity (Wildman–Crippen MR) is 82.8 cm³/mol. The molecular weight excluding hydrogens is 270 g/mol. The third-order valence-corrected chi connectivity index (χ3v) is 5.05. The van der Waals surface area contributed by atoms with Gasteiger partial charge in [0.15, 0.2) is 0 Å². The Bertz CT molecular complexity index is 602. The Hall–Kier alpha value is -1.46. The van der Waals surface area contributed by atoms with Crippen molar-refractivity contribution in [2.45, 2.75) is 25.7 Å². The number of pyridine rings is 1. The molecule has 3 rings (SSSR count). The Kier molecular flexibility index (Phi) is 3.98. The molecule has 5 heteroatoms. The molecule has 1 amide bonds. The van der Waals surface area contributed by atoms with Gasteiger partial charge in [0.05, 0.1) is 0 Å². The van der Waals surface area contributed by atoms with Crippen molar-refractivity contribution in [2.75, 3.05) is 11.9 Å². The molecule has 1 fully saturated rings. The van der Waals surface area contributed by atoms with E-state index in [0.717, 1.165) is 42.3 Å². The fourth-order valence-electron chi connectivity index (χ4n) is 2.87. The minimum absolute atomic E-state index is 0.103. The van der Waals surface area contributed by atoms with Crippen LogP contribution in [0.2, 0.25) is 0 Å². The van der Waals surface area contributed by atoms with Gasteiger partial charge in [-0.2, -0.15) is 0 Å². The zero-order chi connectivity index (χ0) is 13.9. The first kappa shape index (κ1) is 13.5. The maximum absolute atomic E-state index is 12.3. The van der Waals surface area contributed by atoms with Crippen LogP contribution in [0.3, 0.4) is 0 Å². The predicted octanol–water partition coefficient (Wildman–Crippen LogP) is 3.00. The molecule has 0 saturated heterocycles. The quantitative estimate of drug-likeness (QED) is 0.912. The number of aromatic nitrogens is 1. The Morgan fingerprint density at radius 2 is 2.15 bits per heavy atom. The lowest BCUT2D eigenvalue weighted by molar-refractivity contribution is -0.121. The summed E-state index contributed by atoms with van der Waals surface area (Å²) < 4.78 is 1.15. The molecule has 2 aromatic rings. The van der Waals surface area contributed by atoms with E-state index in [1.165, 1.54) is 0 Å². The van der Waals surface area contributed by atoms with E-state index in [2.05, 4.69) is 10.3 Å². The Balaban J connectivity index is 1.69. The van der Waals surface area contributed by atoms with Crippen molar-refractivity contribution in [3.05, 3.63) is 23.7 Å². The lowest BCUT2D eigenvalue weighted by Gasteiger charge is -2.26. The third kappa shape index (κ3) is 2.69. The highest BCUT2D eigenvalue weighted by atomic mass is 32.1. The lowest BCUT2D eigenvalue weighted by Crippen LogP contribution is -2.29. The first-order chi connectivity index (χ1) is 9.78. The average molecular weight is 289 g/mol. The smallest absolute Gasteiger partial charge is 0.228 e. The maximum atomic E-state index is 12.3. The number of nitrogens with zero attached hydrogens (tertiary/aromatic N) is 1. The summed E-state index contributed by atoms with van der Waals surface area (Å²) in [5.74, 6) is 1.49. The summed E-state index contributed by atoms with van der Waals surface area (Å²) >= 11 is 1.66. The summed E-state index contributed by atoms with van der Waals surface area (Å²) in [7, 11) is 0. The van der Waals surface area contributed by atoms with Gasteiger partial charge in [0.1, 0.15) is 5.82 Å². The summed E-state index contributed by atoms with van der Waals surface area (Å²) in [6.45, 7) is 0.740. The topological polar surface area (TPSA) is 68.0 Å². The van der Waals surface area contributed by atoms with Crippen LogP contribution in [0.15, 0.2) is 23.7 Å². The molecule has 4 nitrogen and oxygen atoms in total. The monoisotopic (exact) mass is 289 g/mol. The van der Waals surface area contributed by atoms with Crippen LogP contribution in [0, 0.1) is 11.8 Å². The van der Waals surface area contributed by atoms with Crippen molar-refractivity contribution >= 4 is 33.1 Å². The zero-order valence-electron chi connectivity index (χ0n) is 11.3. The van der Waals surface area contributed by atoms with Crippen molar-refractivity contribution in [3.63, 3.8) is 0 Å². The first-order valence-corrected chi connectivity index (χ1v) is 7.99. The van der Waals surface area contributed by atoms with Gasteiger partial charge in [-0.25, -0.2) is 4.98 Å². The van der Waals surface area contributed by atoms with Gasteiger partial charge in [0, 0.05) is 22.2 Å². The Morgan fingerprint density at radius 3 is 2.90 bits per heavy atom. The molecule has 0 aliphatic heterocycles. The molecule has 2 heterocycles. The van der Waals surface area contributed by atoms with Crippen molar-refractivity contribution in [3.8, 4) is 0 Å². The second-order valence-electron chi connectivity index (χ2n) is 5.43. The largest absolute Gasteiger partial charge is 0.330 e. The number of hydrogen-bond acceptors (Lipinski definition) is 4. The normalized spacial score (nSPS) is 22.9. The van der Waals surface area contributed by atoms with Gasteiger partial charge in [-0.05, 0) is 55.7 Å². The number of carbonyl (C=O) groups excluding carboxylic acids is 1. The molecule has 0 aromatic carbocycles. The van der Waals surface area contributed by atoms with Crippen LogP contribution >= 0.6 is 11.3 Å². The van der Waals surface area contributed by atoms with Crippen LogP contribution in [0.4, 0.5) is 5.82 Å². The Labute approximate surface area is 122 Å². The second kappa shape index (κ2) is 5.89. The molecule has 1 aliphatic rings. The third-order valence-electron chi connectivity index (χ3n) is 4.17. The standard InChI is InChI=1S/C15H19N3OS/c16-9-10-1-3-11(4-2-10)15(19)18-14-12-6-8-20-13(12)5-7-17-14/h5-8,10-11H,1-4,9,16H2,(H,17,18,19). The van der Waals surface area contributed by atoms with E-state index in [1.807, 2.05) is 17.5 Å². The molecule has 0 bridgehead atoms. The molecular formula is C15H19N3OS. The number of rotatable bonds is 3. The van der Waals surface area contributed by atoms with Gasteiger partial charge >= 0.3 is 0 Å². The molecule has 20 heavy (non-hydrogen) atoms. The van der Waals surface area contributed by atoms with Gasteiger partial charge in [0.2, 0.25) is 5.91 Å². The summed E-state index contributed by atoms with van der Waals surface area (Å²) in [4.78, 5) is 16.6. The molecule has 0 unspecified atom stereocenters. The molecule has 106 valence electrons. The van der Waals surface area contributed by atoms with Gasteiger partial charge in [-0.15, -0.1) is 11.3 Å². The fraction of sp³-hybridized carbons (Fsp3) is 0.467. The van der Waals surface area contributed by atoms with Gasteiger partial charge in [-0.3, -0.25) is 4.79 Å². The molecule has 1 aliphatic carbocycles. The van der Waals surface area contributed by atoms with Crippen LogP contribution in [0.25, 0.3) is 10.1 Å². The van der Waals surface area contributed by atoms with E-state index in [-0.39, 0.29) is 11.8 Å². The summed E-state index contributed by atoms with van der Waals surface area (Å²) in [6.07, 6.45) is 5.75. The van der Waals surface area contributed by atoms with E-state index in [4.69, 9.17) is 5.73 Å². The molecule has 0 atom stereocenters. The second-order valence-corrected chi connectivity index (χ2v) is 6.38. The highest BCUT2D eigenvalue weighted by Gasteiger charge is 2.26. The van der Waals surface area contributed by atoms with Gasteiger partial charge in [-0.1, -0.05) is 0 Å². The fourth-order valence-corrected chi connectivity index (χ4v) is 3.66. The minimum atomic E-state index is 0.103. The van der Waals surface area contributed by atoms with Crippen molar-refractivity contribution < 1.29 is 4.79 Å². The summed E-state index contributed by atoms with van der Waals surface area (Å²) in [5, 5.41) is 6.05. The number of amides is 1. The van der Waals surface area contributed by atoms with Gasteiger partial charge in [0.25, 0.3) is 0 Å². The number of nitrogens with one attached hydrogen (secondary N) is 1. The first-order valence-electron chi connectivity index (χ1n) is 7.11. The van der Waals surface area contributed by atoms with E-state index in [0.29, 0.717) is 11.7 Å². The van der Waals surface area contributed by atoms with Crippen LogP contribution in [-0.2, 0) is 4.79 Å². The summed E-state index contributed by atoms with van der Waals surface area (Å²) in [6, 6.07) is 3.98. The van der Waals surface area contributed by atoms with Crippen molar-refractivity contribution in [1.82, 2.24) is 4.98 Å². The van der Waals surface area contributed by atoms with Crippen molar-refractivity contribution in [1.29, 1.82) is 0 Å². The van der Waals surface area contributed by atoms with Crippen LogP contribution in [-0.4, -0.2) is 17.4 Å². The van der Waals surface area contributed by atoms with E-state index in [1.54, 1.807) is 17.5 Å². The lowest BCUT2D eigenvalue weighted by atomic mass is 9.81. The molecule has 1 saturated carbocycles. The number of carbonyl (C=O) groups is 1. The zero-order valence-corrected chi connectivity index (χ0v) is 12.2. The number of fused-ring (bicyclic) bond motifs is 1. The molecule has 0 radical (unpaired) electrons. The number of nitrogens with two attached hydrogens (primary N) is 1. The highest BCUT2D eigenvalue weighted by Crippen LogP contribution is 2.30. The average Bonchev–Trinajstić information content (AvgIpc) is 2.97. The van der Waals surface area contributed by atoms with E-state index >= 15 is 0 Å². The highest BCUT2D eigenvalue weighted by molar-refractivity contribution is 7.17. The van der Waals surface area contributed by atoms with E-state index in [9.17, 15) is 4.79 Å². The van der Waals surface area contributed by atoms with Crippen LogP contribution < -0.4 is 11.1 Å². The van der Waals surface area contributed by atoms with Gasteiger partial charge < -0.3 is 11.1 Å².